The van der Waals surface area contributed by atoms with Crippen LogP contribution in [-0.4, -0.2) is 16.2 Å². The van der Waals surface area contributed by atoms with Gasteiger partial charge in [0.05, 0.1) is 5.56 Å². The summed E-state index contributed by atoms with van der Waals surface area (Å²) < 4.78 is 0. The third-order valence-electron chi connectivity index (χ3n) is 2.54. The highest BCUT2D eigenvalue weighted by atomic mass is 16.4. The van der Waals surface area contributed by atoms with Crippen LogP contribution in [0.1, 0.15) is 40.9 Å². The van der Waals surface area contributed by atoms with E-state index in [4.69, 9.17) is 10.8 Å². The minimum atomic E-state index is -1.03. The van der Waals surface area contributed by atoms with Gasteiger partial charge < -0.3 is 15.9 Å². The zero-order chi connectivity index (χ0) is 13.2. The average molecular weight is 235 g/mol. The lowest BCUT2D eigenvalue weighted by Crippen LogP contribution is -2.12. The topological polar surface area (TPSA) is 83.6 Å². The molecule has 17 heavy (non-hydrogen) atoms. The zero-order valence-electron chi connectivity index (χ0n) is 10.0. The van der Waals surface area contributed by atoms with Crippen molar-refractivity contribution < 1.29 is 15.0 Å². The minimum Gasteiger partial charge on any atom is -0.507 e. The van der Waals surface area contributed by atoms with E-state index in [0.717, 1.165) is 5.57 Å². The molecule has 0 radical (unpaired) electrons. The molecule has 92 valence electrons. The number of carboxylic acids is 1. The molecule has 0 saturated heterocycles. The molecule has 1 aromatic rings. The molecule has 0 fully saturated rings. The molecule has 0 saturated carbocycles. The number of phenolic OH excluding ortho intramolecular Hbond substituents is 1. The SMILES string of the molecule is C=C(C)C[C@H](N)c1cc(C(=O)O)cc(C)c1O. The second kappa shape index (κ2) is 5.01. The van der Waals surface area contributed by atoms with Crippen LogP contribution < -0.4 is 5.73 Å². The number of aromatic carboxylic acids is 1. The van der Waals surface area contributed by atoms with Crippen molar-refractivity contribution in [2.24, 2.45) is 5.73 Å². The molecular formula is C13H17NO3. The van der Waals surface area contributed by atoms with Gasteiger partial charge in [-0.1, -0.05) is 5.57 Å². The molecule has 1 aromatic carbocycles. The van der Waals surface area contributed by atoms with Crippen LogP contribution in [0.2, 0.25) is 0 Å². The molecule has 0 aliphatic rings. The van der Waals surface area contributed by atoms with Crippen molar-refractivity contribution in [3.05, 3.63) is 41.0 Å². The van der Waals surface area contributed by atoms with Gasteiger partial charge in [0.2, 0.25) is 0 Å². The first-order valence-electron chi connectivity index (χ1n) is 5.29. The lowest BCUT2D eigenvalue weighted by Gasteiger charge is -2.16. The van der Waals surface area contributed by atoms with Crippen LogP contribution in [0.5, 0.6) is 5.75 Å². The molecule has 4 heteroatoms. The highest BCUT2D eigenvalue weighted by Gasteiger charge is 2.16. The number of phenols is 1. The van der Waals surface area contributed by atoms with Gasteiger partial charge in [0, 0.05) is 11.6 Å². The Morgan fingerprint density at radius 2 is 2.12 bits per heavy atom. The first kappa shape index (κ1) is 13.3. The molecule has 0 unspecified atom stereocenters. The summed E-state index contributed by atoms with van der Waals surface area (Å²) in [4.78, 5) is 10.9. The summed E-state index contributed by atoms with van der Waals surface area (Å²) >= 11 is 0. The smallest absolute Gasteiger partial charge is 0.335 e. The van der Waals surface area contributed by atoms with Gasteiger partial charge in [-0.3, -0.25) is 0 Å². The number of aryl methyl sites for hydroxylation is 1. The first-order chi connectivity index (χ1) is 7.82. The molecule has 0 aromatic heterocycles. The number of carboxylic acid groups (broad SMARTS) is 1. The first-order valence-corrected chi connectivity index (χ1v) is 5.29. The van der Waals surface area contributed by atoms with Crippen molar-refractivity contribution in [2.45, 2.75) is 26.3 Å². The van der Waals surface area contributed by atoms with E-state index in [-0.39, 0.29) is 11.3 Å². The minimum absolute atomic E-state index is 0.0590. The number of hydrogen-bond acceptors (Lipinski definition) is 3. The summed E-state index contributed by atoms with van der Waals surface area (Å²) in [5.41, 5.74) is 7.90. The van der Waals surface area contributed by atoms with Crippen LogP contribution in [0.4, 0.5) is 0 Å². The second-order valence-corrected chi connectivity index (χ2v) is 4.30. The van der Waals surface area contributed by atoms with Crippen LogP contribution >= 0.6 is 0 Å². The summed E-state index contributed by atoms with van der Waals surface area (Å²) in [5.74, 6) is -0.972. The average Bonchev–Trinajstić information content (AvgIpc) is 2.20. The molecule has 1 atom stereocenters. The summed E-state index contributed by atoms with van der Waals surface area (Å²) in [5, 5.41) is 18.8. The Kier molecular flexibility index (Phi) is 3.91. The molecule has 0 aliphatic heterocycles. The number of hydrogen-bond donors (Lipinski definition) is 3. The molecule has 0 bridgehead atoms. The van der Waals surface area contributed by atoms with Gasteiger partial charge in [0.25, 0.3) is 0 Å². The van der Waals surface area contributed by atoms with Crippen molar-refractivity contribution in [3.63, 3.8) is 0 Å². The Morgan fingerprint density at radius 3 is 2.59 bits per heavy atom. The van der Waals surface area contributed by atoms with Crippen LogP contribution in [0.15, 0.2) is 24.3 Å². The van der Waals surface area contributed by atoms with Gasteiger partial charge in [-0.15, -0.1) is 6.58 Å². The van der Waals surface area contributed by atoms with Crippen LogP contribution in [0.3, 0.4) is 0 Å². The standard InChI is InChI=1S/C13H17NO3/c1-7(2)4-11(14)10-6-9(13(16)17)5-8(3)12(10)15/h5-6,11,15H,1,4,14H2,2-3H3,(H,16,17)/t11-/m0/s1. The van der Waals surface area contributed by atoms with Crippen molar-refractivity contribution in [1.29, 1.82) is 0 Å². The Labute approximate surface area is 100 Å². The van der Waals surface area contributed by atoms with Gasteiger partial charge in [-0.05, 0) is 38.0 Å². The number of rotatable bonds is 4. The maximum atomic E-state index is 10.9. The third-order valence-corrected chi connectivity index (χ3v) is 2.54. The van der Waals surface area contributed by atoms with Crippen LogP contribution in [-0.2, 0) is 0 Å². The van der Waals surface area contributed by atoms with Crippen LogP contribution in [0, 0.1) is 6.92 Å². The molecule has 4 nitrogen and oxygen atoms in total. The van der Waals surface area contributed by atoms with Crippen molar-refractivity contribution >= 4 is 5.97 Å². The van der Waals surface area contributed by atoms with E-state index < -0.39 is 12.0 Å². The summed E-state index contributed by atoms with van der Waals surface area (Å²) in [6.45, 7) is 7.24. The number of aromatic hydroxyl groups is 1. The van der Waals surface area contributed by atoms with E-state index in [1.54, 1.807) is 6.92 Å². The fourth-order valence-corrected chi connectivity index (χ4v) is 1.70. The van der Waals surface area contributed by atoms with Gasteiger partial charge in [-0.2, -0.15) is 0 Å². The predicted molar refractivity (Wildman–Crippen MR) is 66.2 cm³/mol. The Bertz CT molecular complexity index is 466. The van der Waals surface area contributed by atoms with Gasteiger partial charge >= 0.3 is 5.97 Å². The largest absolute Gasteiger partial charge is 0.507 e. The highest BCUT2D eigenvalue weighted by Crippen LogP contribution is 2.30. The van der Waals surface area contributed by atoms with E-state index in [0.29, 0.717) is 17.5 Å². The predicted octanol–water partition coefficient (Wildman–Crippen LogP) is 2.36. The maximum absolute atomic E-state index is 10.9. The number of carbonyl (C=O) groups is 1. The Balaban J connectivity index is 3.22. The van der Waals surface area contributed by atoms with E-state index >= 15 is 0 Å². The van der Waals surface area contributed by atoms with E-state index in [1.165, 1.54) is 12.1 Å². The number of benzene rings is 1. The molecule has 0 amide bonds. The maximum Gasteiger partial charge on any atom is 0.335 e. The van der Waals surface area contributed by atoms with Gasteiger partial charge in [-0.25, -0.2) is 4.79 Å². The summed E-state index contributed by atoms with van der Waals surface area (Å²) in [6, 6.07) is 2.40. The quantitative estimate of drug-likeness (QED) is 0.699. The van der Waals surface area contributed by atoms with Crippen molar-refractivity contribution in [2.75, 3.05) is 0 Å². The monoisotopic (exact) mass is 235 g/mol. The molecule has 1 rings (SSSR count). The van der Waals surface area contributed by atoms with E-state index in [9.17, 15) is 9.90 Å². The second-order valence-electron chi connectivity index (χ2n) is 4.30. The van der Waals surface area contributed by atoms with E-state index in [1.807, 2.05) is 6.92 Å². The zero-order valence-corrected chi connectivity index (χ0v) is 10.0. The summed E-state index contributed by atoms with van der Waals surface area (Å²) in [6.07, 6.45) is 0.510. The van der Waals surface area contributed by atoms with Crippen molar-refractivity contribution in [1.82, 2.24) is 0 Å². The van der Waals surface area contributed by atoms with Crippen LogP contribution in [0.25, 0.3) is 0 Å². The molecular weight excluding hydrogens is 218 g/mol. The third kappa shape index (κ3) is 3.07. The fourth-order valence-electron chi connectivity index (χ4n) is 1.70. The van der Waals surface area contributed by atoms with Gasteiger partial charge in [0.15, 0.2) is 0 Å². The Morgan fingerprint density at radius 1 is 1.53 bits per heavy atom. The summed E-state index contributed by atoms with van der Waals surface area (Å²) in [7, 11) is 0. The van der Waals surface area contributed by atoms with Gasteiger partial charge in [0.1, 0.15) is 5.75 Å². The highest BCUT2D eigenvalue weighted by molar-refractivity contribution is 5.88. The molecule has 0 heterocycles. The normalized spacial score (nSPS) is 12.2. The van der Waals surface area contributed by atoms with E-state index in [2.05, 4.69) is 6.58 Å². The lowest BCUT2D eigenvalue weighted by molar-refractivity contribution is 0.0696. The fraction of sp³-hybridized carbons (Fsp3) is 0.308. The molecule has 0 spiro atoms. The molecule has 0 aliphatic carbocycles. The lowest BCUT2D eigenvalue weighted by atomic mass is 9.96. The Hall–Kier alpha value is -1.81. The number of nitrogens with two attached hydrogens (primary N) is 1. The van der Waals surface area contributed by atoms with Crippen molar-refractivity contribution in [3.8, 4) is 5.75 Å². The molecule has 4 N–H and O–H groups in total.